The number of aliphatic carboxylic acids is 2. The van der Waals surface area contributed by atoms with E-state index in [4.69, 9.17) is 20.4 Å². The molecule has 0 aliphatic heterocycles. The van der Waals surface area contributed by atoms with Gasteiger partial charge in [0.05, 0.1) is 31.7 Å². The Kier molecular flexibility index (Phi) is 7.87. The molecule has 0 spiro atoms. The highest BCUT2D eigenvalue weighted by atomic mass is 16.4. The van der Waals surface area contributed by atoms with Crippen LogP contribution < -0.4 is 0 Å². The van der Waals surface area contributed by atoms with Crippen LogP contribution in [0.3, 0.4) is 0 Å². The normalized spacial score (nSPS) is 9.55. The van der Waals surface area contributed by atoms with Crippen molar-refractivity contribution in [2.24, 2.45) is 0 Å². The number of rotatable bonds is 5. The maximum Gasteiger partial charge on any atom is 0.303 e. The van der Waals surface area contributed by atoms with Crippen LogP contribution in [0.4, 0.5) is 0 Å². The quantitative estimate of drug-likeness (QED) is 0.508. The fourth-order valence-electron chi connectivity index (χ4n) is 1.21. The monoisotopic (exact) mass is 287 g/mol. The molecule has 8 nitrogen and oxygen atoms in total. The summed E-state index contributed by atoms with van der Waals surface area (Å²) in [6.07, 6.45) is 0.852. The molecule has 1 rings (SSSR count). The molecule has 0 amide bonds. The zero-order valence-electron chi connectivity index (χ0n) is 10.9. The lowest BCUT2D eigenvalue weighted by atomic mass is 10.1. The molecular weight excluding hydrogens is 270 g/mol. The number of hydrogen-bond acceptors (Lipinski definition) is 6. The zero-order chi connectivity index (χ0) is 15.7. The third-order valence-electron chi connectivity index (χ3n) is 2.31. The van der Waals surface area contributed by atoms with Gasteiger partial charge in [0, 0.05) is 17.3 Å². The Hall–Kier alpha value is -2.19. The summed E-state index contributed by atoms with van der Waals surface area (Å²) < 4.78 is 0. The number of carboxylic acid groups (broad SMARTS) is 2. The lowest BCUT2D eigenvalue weighted by Crippen LogP contribution is -2.00. The molecule has 0 unspecified atom stereocenters. The maximum absolute atomic E-state index is 9.64. The van der Waals surface area contributed by atoms with Gasteiger partial charge in [-0.15, -0.1) is 0 Å². The number of aryl methyl sites for hydroxylation is 1. The Bertz CT molecular complexity index is 459. The number of aliphatic hydroxyl groups is 2. The fourth-order valence-corrected chi connectivity index (χ4v) is 1.21. The molecule has 0 atom stereocenters. The van der Waals surface area contributed by atoms with Gasteiger partial charge in [0.25, 0.3) is 0 Å². The average molecular weight is 287 g/mol. The number of aliphatic hydroxyl groups excluding tert-OH is 2. The summed E-state index contributed by atoms with van der Waals surface area (Å²) in [6.45, 7) is 1.12. The predicted molar refractivity (Wildman–Crippen MR) is 67.0 cm³/mol. The molecule has 8 heteroatoms. The number of aromatic hydroxyl groups is 1. The summed E-state index contributed by atoms with van der Waals surface area (Å²) in [5, 5.41) is 42.8. The van der Waals surface area contributed by atoms with Gasteiger partial charge in [-0.2, -0.15) is 0 Å². The molecule has 20 heavy (non-hydrogen) atoms. The predicted octanol–water partition coefficient (Wildman–Crippen LogP) is 0.0160. The SMILES string of the molecule is Cc1ncc(CO)c(CO)c1O.O=C(O)CCC(=O)O. The summed E-state index contributed by atoms with van der Waals surface area (Å²) in [6, 6.07) is 0. The first kappa shape index (κ1) is 17.8. The number of carbonyl (C=O) groups is 2. The molecule has 0 radical (unpaired) electrons. The fraction of sp³-hybridized carbons (Fsp3) is 0.417. The molecular formula is C12H17NO7. The van der Waals surface area contributed by atoms with Crippen molar-refractivity contribution in [2.75, 3.05) is 0 Å². The van der Waals surface area contributed by atoms with E-state index in [0.717, 1.165) is 0 Å². The van der Waals surface area contributed by atoms with E-state index in [0.29, 0.717) is 16.8 Å². The van der Waals surface area contributed by atoms with Gasteiger partial charge in [0.15, 0.2) is 0 Å². The van der Waals surface area contributed by atoms with Gasteiger partial charge in [-0.05, 0) is 6.92 Å². The zero-order valence-corrected chi connectivity index (χ0v) is 10.9. The lowest BCUT2D eigenvalue weighted by molar-refractivity contribution is -0.143. The second-order valence-corrected chi connectivity index (χ2v) is 3.80. The molecule has 0 bridgehead atoms. The van der Waals surface area contributed by atoms with Crippen LogP contribution in [0.25, 0.3) is 0 Å². The molecule has 1 heterocycles. The van der Waals surface area contributed by atoms with Gasteiger partial charge < -0.3 is 25.5 Å². The highest BCUT2D eigenvalue weighted by molar-refractivity contribution is 5.75. The number of nitrogens with zero attached hydrogens (tertiary/aromatic N) is 1. The van der Waals surface area contributed by atoms with Crippen molar-refractivity contribution < 1.29 is 35.1 Å². The van der Waals surface area contributed by atoms with Crippen molar-refractivity contribution in [1.82, 2.24) is 4.98 Å². The van der Waals surface area contributed by atoms with Gasteiger partial charge in [0.1, 0.15) is 5.75 Å². The standard InChI is InChI=1S/C8H11NO3.C4H6O4/c1-5-8(12)7(4-11)6(3-10)2-9-5;5-3(6)1-2-4(7)8/h2,10-12H,3-4H2,1H3;1-2H2,(H,5,6)(H,7,8). The Balaban J connectivity index is 0.000000396. The van der Waals surface area contributed by atoms with Crippen LogP contribution in [0.5, 0.6) is 5.75 Å². The van der Waals surface area contributed by atoms with E-state index in [2.05, 4.69) is 4.98 Å². The van der Waals surface area contributed by atoms with Crippen LogP contribution in [-0.2, 0) is 22.8 Å². The molecule has 0 saturated heterocycles. The van der Waals surface area contributed by atoms with Crippen molar-refractivity contribution in [2.45, 2.75) is 33.0 Å². The number of pyridine rings is 1. The van der Waals surface area contributed by atoms with Crippen LogP contribution in [0, 0.1) is 6.92 Å². The van der Waals surface area contributed by atoms with Gasteiger partial charge in [-0.1, -0.05) is 0 Å². The summed E-state index contributed by atoms with van der Waals surface area (Å²) in [7, 11) is 0. The number of aromatic nitrogens is 1. The molecule has 0 aliphatic carbocycles. The Labute approximate surface area is 115 Å². The van der Waals surface area contributed by atoms with E-state index in [9.17, 15) is 14.7 Å². The van der Waals surface area contributed by atoms with Crippen LogP contribution in [-0.4, -0.2) is 42.5 Å². The molecule has 0 saturated carbocycles. The van der Waals surface area contributed by atoms with Crippen molar-refractivity contribution in [3.63, 3.8) is 0 Å². The van der Waals surface area contributed by atoms with Crippen molar-refractivity contribution in [3.05, 3.63) is 23.0 Å². The third kappa shape index (κ3) is 6.12. The number of hydrogen-bond donors (Lipinski definition) is 5. The van der Waals surface area contributed by atoms with Gasteiger partial charge in [0.2, 0.25) is 0 Å². The lowest BCUT2D eigenvalue weighted by Gasteiger charge is -2.07. The molecule has 0 aliphatic rings. The van der Waals surface area contributed by atoms with Gasteiger partial charge in [-0.25, -0.2) is 0 Å². The highest BCUT2D eigenvalue weighted by Crippen LogP contribution is 2.23. The van der Waals surface area contributed by atoms with Crippen molar-refractivity contribution >= 4 is 11.9 Å². The minimum absolute atomic E-state index is 0.0379. The minimum atomic E-state index is -1.08. The first-order chi connectivity index (χ1) is 9.33. The first-order valence-electron chi connectivity index (χ1n) is 5.65. The first-order valence-corrected chi connectivity index (χ1v) is 5.65. The van der Waals surface area contributed by atoms with E-state index in [-0.39, 0.29) is 31.8 Å². The van der Waals surface area contributed by atoms with Crippen molar-refractivity contribution in [1.29, 1.82) is 0 Å². The summed E-state index contributed by atoms with van der Waals surface area (Å²) in [4.78, 5) is 23.1. The molecule has 0 fully saturated rings. The van der Waals surface area contributed by atoms with Gasteiger partial charge in [-0.3, -0.25) is 14.6 Å². The summed E-state index contributed by atoms with van der Waals surface area (Å²) >= 11 is 0. The van der Waals surface area contributed by atoms with E-state index < -0.39 is 11.9 Å². The second-order valence-electron chi connectivity index (χ2n) is 3.80. The Morgan fingerprint density at radius 2 is 1.60 bits per heavy atom. The van der Waals surface area contributed by atoms with E-state index >= 15 is 0 Å². The summed E-state index contributed by atoms with van der Waals surface area (Å²) in [5.41, 5.74) is 1.27. The number of carboxylic acids is 2. The largest absolute Gasteiger partial charge is 0.506 e. The molecule has 5 N–H and O–H groups in total. The van der Waals surface area contributed by atoms with Crippen molar-refractivity contribution in [3.8, 4) is 5.75 Å². The molecule has 112 valence electrons. The molecule has 1 aromatic rings. The Morgan fingerprint density at radius 3 is 1.95 bits per heavy atom. The van der Waals surface area contributed by atoms with Crippen LogP contribution in [0.15, 0.2) is 6.20 Å². The molecule has 0 aromatic carbocycles. The minimum Gasteiger partial charge on any atom is -0.506 e. The maximum atomic E-state index is 9.64. The Morgan fingerprint density at radius 1 is 1.10 bits per heavy atom. The highest BCUT2D eigenvalue weighted by Gasteiger charge is 2.09. The average Bonchev–Trinajstić information content (AvgIpc) is 2.40. The van der Waals surface area contributed by atoms with Crippen LogP contribution >= 0.6 is 0 Å². The smallest absolute Gasteiger partial charge is 0.303 e. The molecule has 1 aromatic heterocycles. The van der Waals surface area contributed by atoms with E-state index in [1.807, 2.05) is 0 Å². The topological polar surface area (TPSA) is 148 Å². The van der Waals surface area contributed by atoms with Crippen LogP contribution in [0.1, 0.15) is 29.7 Å². The second kappa shape index (κ2) is 8.83. The van der Waals surface area contributed by atoms with Crippen LogP contribution in [0.2, 0.25) is 0 Å². The van der Waals surface area contributed by atoms with E-state index in [1.54, 1.807) is 6.92 Å². The third-order valence-corrected chi connectivity index (χ3v) is 2.31. The van der Waals surface area contributed by atoms with E-state index in [1.165, 1.54) is 6.20 Å². The van der Waals surface area contributed by atoms with Gasteiger partial charge >= 0.3 is 11.9 Å². The summed E-state index contributed by atoms with van der Waals surface area (Å²) in [5.74, 6) is -2.19.